The quantitative estimate of drug-likeness (QED) is 0.149. The third-order valence-electron chi connectivity index (χ3n) is 7.61. The van der Waals surface area contributed by atoms with Gasteiger partial charge in [-0.25, -0.2) is 0 Å². The van der Waals surface area contributed by atoms with Crippen LogP contribution >= 0.6 is 7.92 Å². The molecule has 2 heteroatoms. The minimum atomic E-state index is -0.471. The van der Waals surface area contributed by atoms with E-state index in [9.17, 15) is 0 Å². The number of benzene rings is 3. The summed E-state index contributed by atoms with van der Waals surface area (Å²) < 4.78 is 1.85. The van der Waals surface area contributed by atoms with Crippen molar-refractivity contribution in [3.8, 4) is 0 Å². The average molecular weight is 589 g/mol. The zero-order valence-electron chi connectivity index (χ0n) is 22.3. The number of rotatable bonds is 12. The number of unbranched alkanes of at least 4 members (excludes halogenated alkanes) is 3. The van der Waals surface area contributed by atoms with Gasteiger partial charge in [-0.15, -0.1) is 0 Å². The van der Waals surface area contributed by atoms with Crippen LogP contribution in [-0.2, 0) is 12.8 Å². The van der Waals surface area contributed by atoms with Gasteiger partial charge in [-0.05, 0) is 0 Å². The van der Waals surface area contributed by atoms with Gasteiger partial charge in [0.15, 0.2) is 0 Å². The molecule has 0 saturated carbocycles. The van der Waals surface area contributed by atoms with Crippen LogP contribution in [-0.4, -0.2) is 22.5 Å². The first kappa shape index (κ1) is 26.7. The van der Waals surface area contributed by atoms with E-state index in [1.54, 1.807) is 27.8 Å². The fraction of sp³-hybridized carbons (Fsp3) is 0.394. The first-order valence-electron chi connectivity index (χ1n) is 13.9. The summed E-state index contributed by atoms with van der Waals surface area (Å²) in [4.78, 5) is 0. The summed E-state index contributed by atoms with van der Waals surface area (Å²) in [5.41, 5.74) is 9.06. The van der Waals surface area contributed by atoms with Gasteiger partial charge in [-0.1, -0.05) is 0 Å². The van der Waals surface area contributed by atoms with E-state index in [0.29, 0.717) is 28.2 Å². The molecule has 0 radical (unpaired) electrons. The second-order valence-electron chi connectivity index (χ2n) is 10.1. The molecular formula is C33H43PSn. The van der Waals surface area contributed by atoms with Crippen LogP contribution in [0.4, 0.5) is 0 Å². The Morgan fingerprint density at radius 1 is 0.657 bits per heavy atom. The molecular weight excluding hydrogens is 546 g/mol. The van der Waals surface area contributed by atoms with Gasteiger partial charge in [0, 0.05) is 0 Å². The molecule has 0 N–H and O–H groups in total. The molecule has 0 aliphatic heterocycles. The second kappa shape index (κ2) is 13.3. The maximum atomic E-state index is 2.57. The van der Waals surface area contributed by atoms with Gasteiger partial charge in [0.2, 0.25) is 0 Å². The Morgan fingerprint density at radius 3 is 1.77 bits per heavy atom. The molecule has 0 nitrogen and oxygen atoms in total. The summed E-state index contributed by atoms with van der Waals surface area (Å²) in [5.74, 6) is 0. The molecule has 0 saturated heterocycles. The van der Waals surface area contributed by atoms with Gasteiger partial charge in [0.05, 0.1) is 0 Å². The van der Waals surface area contributed by atoms with Crippen molar-refractivity contribution in [2.75, 3.05) is 0 Å². The zero-order chi connectivity index (χ0) is 24.6. The van der Waals surface area contributed by atoms with Gasteiger partial charge in [-0.3, -0.25) is 0 Å². The Labute approximate surface area is 228 Å². The van der Waals surface area contributed by atoms with Crippen LogP contribution < -0.4 is 10.6 Å². The third kappa shape index (κ3) is 5.97. The second-order valence-corrected chi connectivity index (χ2v) is 15.4. The van der Waals surface area contributed by atoms with Crippen LogP contribution in [0, 0.1) is 0 Å². The summed E-state index contributed by atoms with van der Waals surface area (Å²) in [6.07, 6.45) is 11.5. The van der Waals surface area contributed by atoms with Crippen molar-refractivity contribution >= 4 is 46.6 Å². The van der Waals surface area contributed by atoms with Gasteiger partial charge in [0.1, 0.15) is 0 Å². The van der Waals surface area contributed by atoms with Crippen molar-refractivity contribution in [1.29, 1.82) is 0 Å². The average Bonchev–Trinajstić information content (AvgIpc) is 3.17. The van der Waals surface area contributed by atoms with E-state index in [1.807, 2.05) is 3.59 Å². The monoisotopic (exact) mass is 590 g/mol. The Kier molecular flexibility index (Phi) is 10.1. The molecule has 0 aromatic heterocycles. The number of aryl methyl sites for hydroxylation is 1. The van der Waals surface area contributed by atoms with E-state index in [4.69, 9.17) is 0 Å². The fourth-order valence-electron chi connectivity index (χ4n) is 5.76. The molecule has 0 bridgehead atoms. The van der Waals surface area contributed by atoms with Crippen LogP contribution in [0.25, 0.3) is 5.57 Å². The van der Waals surface area contributed by atoms with E-state index in [1.165, 1.54) is 68.4 Å². The van der Waals surface area contributed by atoms with Crippen molar-refractivity contribution in [2.24, 2.45) is 0 Å². The van der Waals surface area contributed by atoms with Crippen molar-refractivity contribution in [1.82, 2.24) is 0 Å². The molecule has 35 heavy (non-hydrogen) atoms. The summed E-state index contributed by atoms with van der Waals surface area (Å²) in [5, 5.41) is 3.05. The van der Waals surface area contributed by atoms with Crippen LogP contribution in [0.3, 0.4) is 0 Å². The summed E-state index contributed by atoms with van der Waals surface area (Å²) in [6.45, 7) is 7.02. The maximum absolute atomic E-state index is 2.57. The summed E-state index contributed by atoms with van der Waals surface area (Å²) in [7, 11) is -0.471. The van der Waals surface area contributed by atoms with E-state index in [-0.39, 0.29) is 0 Å². The topological polar surface area (TPSA) is 0 Å². The first-order chi connectivity index (χ1) is 17.2. The van der Waals surface area contributed by atoms with E-state index >= 15 is 0 Å². The Bertz CT molecular complexity index is 1080. The predicted molar refractivity (Wildman–Crippen MR) is 162 cm³/mol. The number of hydrogen-bond donors (Lipinski definition) is 0. The zero-order valence-corrected chi connectivity index (χ0v) is 28.9. The van der Waals surface area contributed by atoms with Gasteiger partial charge in [-0.2, -0.15) is 0 Å². The molecule has 4 rings (SSSR count). The van der Waals surface area contributed by atoms with Crippen LogP contribution in [0.15, 0.2) is 76.4 Å². The number of allylic oxidation sites excluding steroid dienone is 2. The number of hydrogen-bond acceptors (Lipinski definition) is 0. The first-order valence-corrected chi connectivity index (χ1v) is 18.2. The van der Waals surface area contributed by atoms with Gasteiger partial charge < -0.3 is 0 Å². The summed E-state index contributed by atoms with van der Waals surface area (Å²) >= 11 is 0.462. The van der Waals surface area contributed by atoms with E-state index < -0.39 is 7.92 Å². The normalized spacial score (nSPS) is 15.3. The molecule has 1 atom stereocenters. The standard InChI is InChI=1S/C33H40P.Sn.3H/c1-4-7-16-26-23-24-31-32(25-27(17-8-5-2)33(31)30(26)22-9-6-3)34(28-18-12-10-13-19-28)29-20-14-11-15-21-29;;;;/h10-15,18-21,23-24,32H,4-9,16-17,22H2,1-3H3;;;;. The van der Waals surface area contributed by atoms with Crippen LogP contribution in [0.1, 0.15) is 93.6 Å². The summed E-state index contributed by atoms with van der Waals surface area (Å²) in [6, 6.07) is 27.9. The molecule has 0 fully saturated rings. The SMILES string of the molecule is CCCCC1=[C]([SnH3])C(P(c2ccccc2)c2ccccc2)c2ccc(CCCC)c(CCCC)c21. The van der Waals surface area contributed by atoms with Crippen LogP contribution in [0.5, 0.6) is 0 Å². The minimum absolute atomic E-state index is 0.462. The van der Waals surface area contributed by atoms with Gasteiger partial charge in [0.25, 0.3) is 0 Å². The molecule has 184 valence electrons. The molecule has 0 spiro atoms. The molecule has 3 aromatic carbocycles. The Balaban J connectivity index is 1.93. The van der Waals surface area contributed by atoms with E-state index in [0.717, 1.165) is 0 Å². The molecule has 1 aliphatic rings. The predicted octanol–water partition coefficient (Wildman–Crippen LogP) is 7.83. The van der Waals surface area contributed by atoms with Gasteiger partial charge >= 0.3 is 229 Å². The number of fused-ring (bicyclic) bond motifs is 1. The van der Waals surface area contributed by atoms with Crippen LogP contribution in [0.2, 0.25) is 0 Å². The van der Waals surface area contributed by atoms with Crippen molar-refractivity contribution < 1.29 is 0 Å². The van der Waals surface area contributed by atoms with Crippen molar-refractivity contribution in [2.45, 2.75) is 84.2 Å². The van der Waals surface area contributed by atoms with Crippen molar-refractivity contribution in [3.05, 3.63) is 98.6 Å². The molecule has 1 aliphatic carbocycles. The Hall–Kier alpha value is -1.37. The molecule has 1 unspecified atom stereocenters. The third-order valence-corrected chi connectivity index (χ3v) is 15.3. The molecule has 0 amide bonds. The Morgan fingerprint density at radius 2 is 1.20 bits per heavy atom. The molecule has 3 aromatic rings. The van der Waals surface area contributed by atoms with Crippen molar-refractivity contribution in [3.63, 3.8) is 0 Å². The van der Waals surface area contributed by atoms with E-state index in [2.05, 4.69) is 93.6 Å². The fourth-order valence-corrected chi connectivity index (χ4v) is 13.2. The molecule has 0 heterocycles.